The van der Waals surface area contributed by atoms with E-state index in [-0.39, 0.29) is 12.5 Å². The Morgan fingerprint density at radius 3 is 1.89 bits per heavy atom. The van der Waals surface area contributed by atoms with Crippen LogP contribution >= 0.6 is 0 Å². The van der Waals surface area contributed by atoms with Gasteiger partial charge in [-0.15, -0.1) is 0 Å². The highest BCUT2D eigenvalue weighted by Crippen LogP contribution is 2.23. The lowest BCUT2D eigenvalue weighted by Crippen LogP contribution is -2.20. The molecule has 0 spiro atoms. The molecule has 1 atom stereocenters. The summed E-state index contributed by atoms with van der Waals surface area (Å²) in [4.78, 5) is 0. The van der Waals surface area contributed by atoms with E-state index >= 15 is 0 Å². The predicted molar refractivity (Wildman–Crippen MR) is 70.5 cm³/mol. The first kappa shape index (κ1) is 17.8. The highest BCUT2D eigenvalue weighted by atomic mass is 19.4. The van der Waals surface area contributed by atoms with Crippen LogP contribution in [-0.2, 0) is 0 Å². The number of rotatable bonds is 11. The van der Waals surface area contributed by atoms with E-state index in [0.29, 0.717) is 6.42 Å². The summed E-state index contributed by atoms with van der Waals surface area (Å²) < 4.78 is 35.8. The molecule has 18 heavy (non-hydrogen) atoms. The lowest BCUT2D eigenvalue weighted by Gasteiger charge is -2.12. The molecule has 1 nitrogen and oxygen atoms in total. The summed E-state index contributed by atoms with van der Waals surface area (Å²) >= 11 is 0. The zero-order chi connectivity index (χ0) is 13.9. The van der Waals surface area contributed by atoms with Crippen LogP contribution in [0.1, 0.15) is 77.6 Å². The summed E-state index contributed by atoms with van der Waals surface area (Å²) in [5.41, 5.74) is 5.80. The molecule has 0 saturated carbocycles. The summed E-state index contributed by atoms with van der Waals surface area (Å²) in [5.74, 6) is 0. The molecule has 0 aliphatic heterocycles. The van der Waals surface area contributed by atoms with Gasteiger partial charge in [0.05, 0.1) is 0 Å². The zero-order valence-electron chi connectivity index (χ0n) is 11.6. The maximum Gasteiger partial charge on any atom is 0.389 e. The van der Waals surface area contributed by atoms with Gasteiger partial charge in [0.15, 0.2) is 0 Å². The number of hydrogen-bond donors (Lipinski definition) is 1. The van der Waals surface area contributed by atoms with Gasteiger partial charge in [-0.1, -0.05) is 51.9 Å². The molecule has 0 radical (unpaired) electrons. The average molecular weight is 267 g/mol. The van der Waals surface area contributed by atoms with Crippen LogP contribution in [0.15, 0.2) is 0 Å². The summed E-state index contributed by atoms with van der Waals surface area (Å²) in [6.45, 7) is 2.19. The molecule has 0 fully saturated rings. The molecule has 0 heterocycles. The van der Waals surface area contributed by atoms with Crippen molar-refractivity contribution >= 4 is 0 Å². The van der Waals surface area contributed by atoms with Crippen molar-refractivity contribution in [3.8, 4) is 0 Å². The van der Waals surface area contributed by atoms with Crippen molar-refractivity contribution < 1.29 is 13.2 Å². The smallest absolute Gasteiger partial charge is 0.328 e. The first-order valence-corrected chi connectivity index (χ1v) is 7.28. The van der Waals surface area contributed by atoms with Crippen LogP contribution in [0.2, 0.25) is 0 Å². The summed E-state index contributed by atoms with van der Waals surface area (Å²) in [7, 11) is 0. The lowest BCUT2D eigenvalue weighted by molar-refractivity contribution is -0.135. The topological polar surface area (TPSA) is 26.0 Å². The van der Waals surface area contributed by atoms with Crippen LogP contribution in [0.3, 0.4) is 0 Å². The van der Waals surface area contributed by atoms with E-state index < -0.39 is 12.6 Å². The summed E-state index contributed by atoms with van der Waals surface area (Å²) in [5, 5.41) is 0. The summed E-state index contributed by atoms with van der Waals surface area (Å²) in [6.07, 6.45) is 5.39. The Bertz CT molecular complexity index is 180. The van der Waals surface area contributed by atoms with Crippen molar-refractivity contribution in [3.05, 3.63) is 0 Å². The number of unbranched alkanes of at least 4 members (excludes halogenated alkanes) is 6. The fourth-order valence-corrected chi connectivity index (χ4v) is 2.07. The van der Waals surface area contributed by atoms with Crippen molar-refractivity contribution in [1.29, 1.82) is 0 Å². The van der Waals surface area contributed by atoms with Gasteiger partial charge in [0.1, 0.15) is 0 Å². The average Bonchev–Trinajstić information content (AvgIpc) is 2.26. The first-order valence-electron chi connectivity index (χ1n) is 7.28. The molecule has 2 N–H and O–H groups in total. The second kappa shape index (κ2) is 10.7. The number of hydrogen-bond acceptors (Lipinski definition) is 1. The van der Waals surface area contributed by atoms with Gasteiger partial charge in [0, 0.05) is 12.5 Å². The molecule has 0 amide bonds. The summed E-state index contributed by atoms with van der Waals surface area (Å²) in [6, 6.07) is -0.0528. The van der Waals surface area contributed by atoms with E-state index in [0.717, 1.165) is 19.3 Å². The molecule has 0 aliphatic rings. The van der Waals surface area contributed by atoms with Crippen molar-refractivity contribution in [2.45, 2.75) is 89.8 Å². The molecule has 0 aromatic heterocycles. The Morgan fingerprint density at radius 1 is 0.833 bits per heavy atom. The first-order chi connectivity index (χ1) is 8.45. The molecule has 0 bridgehead atoms. The SMILES string of the molecule is CCCCCCCCCC(N)CCCC(F)(F)F. The highest BCUT2D eigenvalue weighted by Gasteiger charge is 2.26. The van der Waals surface area contributed by atoms with Gasteiger partial charge < -0.3 is 5.73 Å². The van der Waals surface area contributed by atoms with Gasteiger partial charge in [-0.3, -0.25) is 0 Å². The Morgan fingerprint density at radius 2 is 1.33 bits per heavy atom. The molecule has 1 unspecified atom stereocenters. The van der Waals surface area contributed by atoms with Crippen molar-refractivity contribution in [1.82, 2.24) is 0 Å². The standard InChI is InChI=1S/C14H28F3N/c1-2-3-4-5-6-7-8-10-13(18)11-9-12-14(15,16)17/h13H,2-12,18H2,1H3. The number of halogens is 3. The van der Waals surface area contributed by atoms with Crippen molar-refractivity contribution in [2.24, 2.45) is 5.73 Å². The van der Waals surface area contributed by atoms with Crippen LogP contribution in [-0.4, -0.2) is 12.2 Å². The Hall–Kier alpha value is -0.250. The van der Waals surface area contributed by atoms with E-state index in [9.17, 15) is 13.2 Å². The monoisotopic (exact) mass is 267 g/mol. The van der Waals surface area contributed by atoms with Crippen LogP contribution in [0.5, 0.6) is 0 Å². The minimum Gasteiger partial charge on any atom is -0.328 e. The third kappa shape index (κ3) is 13.8. The Labute approximate surface area is 109 Å². The molecular formula is C14H28F3N. The predicted octanol–water partition coefficient (Wildman–Crippen LogP) is 5.19. The van der Waals surface area contributed by atoms with Crippen molar-refractivity contribution in [3.63, 3.8) is 0 Å². The lowest BCUT2D eigenvalue weighted by atomic mass is 10.0. The Balaban J connectivity index is 3.24. The Kier molecular flexibility index (Phi) is 10.5. The second-order valence-electron chi connectivity index (χ2n) is 5.18. The molecule has 0 aromatic rings. The largest absolute Gasteiger partial charge is 0.389 e. The van der Waals surface area contributed by atoms with E-state index in [1.54, 1.807) is 0 Å². The fraction of sp³-hybridized carbons (Fsp3) is 1.00. The van der Waals surface area contributed by atoms with Gasteiger partial charge in [-0.05, 0) is 19.3 Å². The zero-order valence-corrected chi connectivity index (χ0v) is 11.6. The van der Waals surface area contributed by atoms with E-state index in [1.807, 2.05) is 0 Å². The normalized spacial score (nSPS) is 13.8. The molecule has 110 valence electrons. The highest BCUT2D eigenvalue weighted by molar-refractivity contribution is 4.63. The number of alkyl halides is 3. The quantitative estimate of drug-likeness (QED) is 0.512. The van der Waals surface area contributed by atoms with Crippen LogP contribution < -0.4 is 5.73 Å². The minimum atomic E-state index is -4.03. The molecule has 0 saturated heterocycles. The van der Waals surface area contributed by atoms with E-state index in [1.165, 1.54) is 32.1 Å². The maximum atomic E-state index is 11.9. The van der Waals surface area contributed by atoms with Crippen molar-refractivity contribution in [2.75, 3.05) is 0 Å². The van der Waals surface area contributed by atoms with Crippen LogP contribution in [0, 0.1) is 0 Å². The fourth-order valence-electron chi connectivity index (χ4n) is 2.07. The maximum absolute atomic E-state index is 11.9. The van der Waals surface area contributed by atoms with Crippen LogP contribution in [0.4, 0.5) is 13.2 Å². The van der Waals surface area contributed by atoms with Gasteiger partial charge in [-0.2, -0.15) is 13.2 Å². The van der Waals surface area contributed by atoms with Crippen LogP contribution in [0.25, 0.3) is 0 Å². The van der Waals surface area contributed by atoms with Gasteiger partial charge in [-0.25, -0.2) is 0 Å². The molecular weight excluding hydrogens is 239 g/mol. The van der Waals surface area contributed by atoms with Gasteiger partial charge >= 0.3 is 6.18 Å². The molecule has 4 heteroatoms. The minimum absolute atomic E-state index is 0.0528. The molecule has 0 rings (SSSR count). The molecule has 0 aliphatic carbocycles. The molecule has 0 aromatic carbocycles. The van der Waals surface area contributed by atoms with Gasteiger partial charge in [0.2, 0.25) is 0 Å². The second-order valence-corrected chi connectivity index (χ2v) is 5.18. The third-order valence-electron chi connectivity index (χ3n) is 3.21. The van der Waals surface area contributed by atoms with Gasteiger partial charge in [0.25, 0.3) is 0 Å². The number of nitrogens with two attached hydrogens (primary N) is 1. The van der Waals surface area contributed by atoms with E-state index in [4.69, 9.17) is 5.73 Å². The van der Waals surface area contributed by atoms with E-state index in [2.05, 4.69) is 6.92 Å². The third-order valence-corrected chi connectivity index (χ3v) is 3.21.